The molecule has 0 atom stereocenters. The van der Waals surface area contributed by atoms with Crippen LogP contribution in [0.15, 0.2) is 0 Å². The van der Waals surface area contributed by atoms with Crippen LogP contribution in [-0.2, 0) is 9.53 Å². The number of carbonyl (C=O) groups is 1. The van der Waals surface area contributed by atoms with Gasteiger partial charge in [-0.3, -0.25) is 9.69 Å². The van der Waals surface area contributed by atoms with Crippen molar-refractivity contribution in [1.82, 2.24) is 4.90 Å². The van der Waals surface area contributed by atoms with E-state index in [1.165, 1.54) is 19.3 Å². The van der Waals surface area contributed by atoms with Crippen LogP contribution >= 0.6 is 0 Å². The molecule has 0 aromatic heterocycles. The molecule has 88 valence electrons. The predicted octanol–water partition coefficient (Wildman–Crippen LogP) is 2.06. The molecule has 1 fully saturated rings. The van der Waals surface area contributed by atoms with Gasteiger partial charge in [-0.1, -0.05) is 6.42 Å². The second-order valence-corrected chi connectivity index (χ2v) is 4.96. The molecule has 0 spiro atoms. The summed E-state index contributed by atoms with van der Waals surface area (Å²) in [7, 11) is 2.01. The summed E-state index contributed by atoms with van der Waals surface area (Å²) in [6, 6.07) is 0. The zero-order valence-electron chi connectivity index (χ0n) is 10.4. The largest absolute Gasteiger partial charge is 0.465 e. The molecule has 0 bridgehead atoms. The summed E-state index contributed by atoms with van der Waals surface area (Å²) in [4.78, 5) is 13.9. The van der Waals surface area contributed by atoms with Crippen molar-refractivity contribution < 1.29 is 9.53 Å². The fraction of sp³-hybridized carbons (Fsp3) is 0.917. The molecule has 1 rings (SSSR count). The SMILES string of the molecule is CCOC(=O)C(C)(C)N(C)CC1CCC1. The van der Waals surface area contributed by atoms with Crippen molar-refractivity contribution in [3.63, 3.8) is 0 Å². The number of ether oxygens (including phenoxy) is 1. The number of carbonyl (C=O) groups excluding carboxylic acids is 1. The normalized spacial score (nSPS) is 17.7. The van der Waals surface area contributed by atoms with Gasteiger partial charge in [0, 0.05) is 6.54 Å². The lowest BCUT2D eigenvalue weighted by Crippen LogP contribution is -2.51. The third-order valence-corrected chi connectivity index (χ3v) is 3.49. The Bertz CT molecular complexity index is 222. The molecule has 0 radical (unpaired) electrons. The van der Waals surface area contributed by atoms with Crippen LogP contribution in [0.3, 0.4) is 0 Å². The van der Waals surface area contributed by atoms with E-state index in [2.05, 4.69) is 4.90 Å². The number of rotatable bonds is 5. The van der Waals surface area contributed by atoms with Crippen LogP contribution in [0, 0.1) is 5.92 Å². The molecular formula is C12H23NO2. The van der Waals surface area contributed by atoms with Gasteiger partial charge in [-0.15, -0.1) is 0 Å². The Morgan fingerprint density at radius 1 is 1.47 bits per heavy atom. The molecule has 0 N–H and O–H groups in total. The third-order valence-electron chi connectivity index (χ3n) is 3.49. The van der Waals surface area contributed by atoms with E-state index < -0.39 is 5.54 Å². The standard InChI is InChI=1S/C12H23NO2/c1-5-15-11(14)12(2,3)13(4)9-10-7-6-8-10/h10H,5-9H2,1-4H3. The highest BCUT2D eigenvalue weighted by Crippen LogP contribution is 2.29. The molecule has 1 saturated carbocycles. The Kier molecular flexibility index (Phi) is 4.14. The summed E-state index contributed by atoms with van der Waals surface area (Å²) in [5.41, 5.74) is -0.494. The minimum atomic E-state index is -0.494. The van der Waals surface area contributed by atoms with Crippen molar-refractivity contribution >= 4 is 5.97 Å². The van der Waals surface area contributed by atoms with Crippen LogP contribution in [0.2, 0.25) is 0 Å². The minimum Gasteiger partial charge on any atom is -0.465 e. The molecule has 3 nitrogen and oxygen atoms in total. The quantitative estimate of drug-likeness (QED) is 0.655. The van der Waals surface area contributed by atoms with Gasteiger partial charge in [-0.25, -0.2) is 0 Å². The molecular weight excluding hydrogens is 190 g/mol. The van der Waals surface area contributed by atoms with E-state index in [-0.39, 0.29) is 5.97 Å². The second kappa shape index (κ2) is 4.97. The van der Waals surface area contributed by atoms with Gasteiger partial charge in [-0.2, -0.15) is 0 Å². The topological polar surface area (TPSA) is 29.5 Å². The monoisotopic (exact) mass is 213 g/mol. The van der Waals surface area contributed by atoms with Gasteiger partial charge in [0.05, 0.1) is 6.61 Å². The first kappa shape index (κ1) is 12.5. The van der Waals surface area contributed by atoms with Crippen molar-refractivity contribution in [2.75, 3.05) is 20.2 Å². The zero-order valence-corrected chi connectivity index (χ0v) is 10.4. The van der Waals surface area contributed by atoms with Crippen molar-refractivity contribution in [2.45, 2.75) is 45.6 Å². The molecule has 0 amide bonds. The summed E-state index contributed by atoms with van der Waals surface area (Å²) in [6.07, 6.45) is 3.96. The summed E-state index contributed by atoms with van der Waals surface area (Å²) >= 11 is 0. The van der Waals surface area contributed by atoms with E-state index in [0.29, 0.717) is 6.61 Å². The van der Waals surface area contributed by atoms with E-state index in [1.807, 2.05) is 27.8 Å². The molecule has 0 aromatic rings. The molecule has 0 aliphatic heterocycles. The van der Waals surface area contributed by atoms with Crippen LogP contribution in [0.25, 0.3) is 0 Å². The lowest BCUT2D eigenvalue weighted by Gasteiger charge is -2.38. The maximum absolute atomic E-state index is 11.7. The smallest absolute Gasteiger partial charge is 0.325 e. The fourth-order valence-corrected chi connectivity index (χ4v) is 1.75. The number of hydrogen-bond acceptors (Lipinski definition) is 3. The van der Waals surface area contributed by atoms with Gasteiger partial charge in [0.2, 0.25) is 0 Å². The maximum Gasteiger partial charge on any atom is 0.325 e. The molecule has 1 aliphatic carbocycles. The van der Waals surface area contributed by atoms with Gasteiger partial charge in [0.1, 0.15) is 5.54 Å². The molecule has 0 unspecified atom stereocenters. The van der Waals surface area contributed by atoms with Crippen molar-refractivity contribution in [2.24, 2.45) is 5.92 Å². The van der Waals surface area contributed by atoms with Gasteiger partial charge in [0.25, 0.3) is 0 Å². The molecule has 3 heteroatoms. The second-order valence-electron chi connectivity index (χ2n) is 4.96. The van der Waals surface area contributed by atoms with Gasteiger partial charge in [0.15, 0.2) is 0 Å². The highest BCUT2D eigenvalue weighted by Gasteiger charge is 2.35. The van der Waals surface area contributed by atoms with Crippen LogP contribution in [0.1, 0.15) is 40.0 Å². The third kappa shape index (κ3) is 2.94. The van der Waals surface area contributed by atoms with Gasteiger partial charge in [-0.05, 0) is 46.6 Å². The summed E-state index contributed by atoms with van der Waals surface area (Å²) in [5.74, 6) is 0.663. The Balaban J connectivity index is 2.46. The van der Waals surface area contributed by atoms with E-state index in [1.54, 1.807) is 0 Å². The summed E-state index contributed by atoms with van der Waals surface area (Å²) in [6.45, 7) is 7.18. The van der Waals surface area contributed by atoms with Gasteiger partial charge < -0.3 is 4.74 Å². The molecule has 0 aromatic carbocycles. The molecule has 1 aliphatic rings. The zero-order chi connectivity index (χ0) is 11.5. The van der Waals surface area contributed by atoms with Crippen LogP contribution in [-0.4, -0.2) is 36.6 Å². The van der Waals surface area contributed by atoms with Crippen LogP contribution < -0.4 is 0 Å². The summed E-state index contributed by atoms with van der Waals surface area (Å²) < 4.78 is 5.08. The van der Waals surface area contributed by atoms with Crippen molar-refractivity contribution in [3.05, 3.63) is 0 Å². The lowest BCUT2D eigenvalue weighted by molar-refractivity contribution is -0.155. The van der Waals surface area contributed by atoms with Gasteiger partial charge >= 0.3 is 5.97 Å². The van der Waals surface area contributed by atoms with E-state index >= 15 is 0 Å². The highest BCUT2D eigenvalue weighted by molar-refractivity contribution is 5.79. The number of likely N-dealkylation sites (N-methyl/N-ethyl adjacent to an activating group) is 1. The van der Waals surface area contributed by atoms with E-state index in [9.17, 15) is 4.79 Å². The number of hydrogen-bond donors (Lipinski definition) is 0. The predicted molar refractivity (Wildman–Crippen MR) is 60.7 cm³/mol. The Morgan fingerprint density at radius 2 is 2.07 bits per heavy atom. The summed E-state index contributed by atoms with van der Waals surface area (Å²) in [5, 5.41) is 0. The first-order chi connectivity index (χ1) is 6.98. The van der Waals surface area contributed by atoms with E-state index in [4.69, 9.17) is 4.74 Å². The lowest BCUT2D eigenvalue weighted by atomic mass is 9.84. The van der Waals surface area contributed by atoms with Crippen molar-refractivity contribution in [1.29, 1.82) is 0 Å². The van der Waals surface area contributed by atoms with Crippen LogP contribution in [0.5, 0.6) is 0 Å². The molecule has 0 saturated heterocycles. The van der Waals surface area contributed by atoms with Crippen molar-refractivity contribution in [3.8, 4) is 0 Å². The number of esters is 1. The average molecular weight is 213 g/mol. The first-order valence-corrected chi connectivity index (χ1v) is 5.87. The fourth-order valence-electron chi connectivity index (χ4n) is 1.75. The first-order valence-electron chi connectivity index (χ1n) is 5.87. The highest BCUT2D eigenvalue weighted by atomic mass is 16.5. The molecule has 0 heterocycles. The Hall–Kier alpha value is -0.570. The minimum absolute atomic E-state index is 0.119. The Morgan fingerprint density at radius 3 is 2.47 bits per heavy atom. The average Bonchev–Trinajstić information content (AvgIpc) is 2.11. The van der Waals surface area contributed by atoms with E-state index in [0.717, 1.165) is 12.5 Å². The number of nitrogens with zero attached hydrogens (tertiary/aromatic N) is 1. The maximum atomic E-state index is 11.7. The molecule has 15 heavy (non-hydrogen) atoms. The van der Waals surface area contributed by atoms with Crippen LogP contribution in [0.4, 0.5) is 0 Å². The Labute approximate surface area is 92.8 Å².